The van der Waals surface area contributed by atoms with Crippen LogP contribution in [0.5, 0.6) is 0 Å². The monoisotopic (exact) mass is 617 g/mol. The summed E-state index contributed by atoms with van der Waals surface area (Å²) in [6.07, 6.45) is 5.63. The van der Waals surface area contributed by atoms with Gasteiger partial charge in [-0.25, -0.2) is 8.42 Å². The average Bonchev–Trinajstić information content (AvgIpc) is 3.00. The molecule has 2 aromatic carbocycles. The maximum atomic E-state index is 13.5. The molecular formula is C33H42F3N3O3S. The molecule has 2 aromatic rings. The van der Waals surface area contributed by atoms with E-state index in [1.54, 1.807) is 0 Å². The fraction of sp³-hybridized carbons (Fsp3) is 0.545. The van der Waals surface area contributed by atoms with Crippen LogP contribution in [-0.4, -0.2) is 55.8 Å². The highest BCUT2D eigenvalue weighted by Crippen LogP contribution is 2.35. The first-order chi connectivity index (χ1) is 20.6. The molecule has 0 bridgehead atoms. The van der Waals surface area contributed by atoms with Crippen molar-refractivity contribution in [3.05, 3.63) is 77.4 Å². The van der Waals surface area contributed by atoms with Gasteiger partial charge in [0.2, 0.25) is 15.9 Å². The largest absolute Gasteiger partial charge is 0.416 e. The highest BCUT2D eigenvalue weighted by molar-refractivity contribution is 7.89. The van der Waals surface area contributed by atoms with E-state index in [4.69, 9.17) is 0 Å². The van der Waals surface area contributed by atoms with Gasteiger partial charge in [0.25, 0.3) is 0 Å². The van der Waals surface area contributed by atoms with E-state index in [1.165, 1.54) is 40.8 Å². The van der Waals surface area contributed by atoms with Crippen LogP contribution in [0, 0.1) is 0 Å². The van der Waals surface area contributed by atoms with Gasteiger partial charge in [-0.3, -0.25) is 4.79 Å². The summed E-state index contributed by atoms with van der Waals surface area (Å²) in [5.74, 6) is 0.00145. The van der Waals surface area contributed by atoms with Gasteiger partial charge in [-0.15, -0.1) is 6.58 Å². The topological polar surface area (TPSA) is 69.7 Å². The molecule has 3 aliphatic rings. The molecule has 0 radical (unpaired) electrons. The van der Waals surface area contributed by atoms with Gasteiger partial charge in [0.15, 0.2) is 0 Å². The van der Waals surface area contributed by atoms with Crippen molar-refractivity contribution in [3.8, 4) is 0 Å². The second-order valence-electron chi connectivity index (χ2n) is 12.2. The smallest absolute Gasteiger partial charge is 0.349 e. The Bertz CT molecular complexity index is 1410. The predicted molar refractivity (Wildman–Crippen MR) is 161 cm³/mol. The number of sulfonamides is 1. The Hall–Kier alpha value is -2.69. The van der Waals surface area contributed by atoms with Gasteiger partial charge in [-0.1, -0.05) is 43.2 Å². The SMILES string of the molecule is C=CC(CN1CCCCC1)c1ccc2c(c1)CCC[C@H]2NC(=O)C[C@@H]1CCCCN1S(=O)(=O)c1cccc(C(F)(F)F)c1. The lowest BCUT2D eigenvalue weighted by Crippen LogP contribution is -2.46. The first-order valence-electron chi connectivity index (χ1n) is 15.5. The molecule has 2 aliphatic heterocycles. The number of aryl methyl sites for hydroxylation is 1. The van der Waals surface area contributed by atoms with Gasteiger partial charge in [0, 0.05) is 31.5 Å². The number of hydrogen-bond acceptors (Lipinski definition) is 4. The molecular weight excluding hydrogens is 575 g/mol. The lowest BCUT2D eigenvalue weighted by Gasteiger charge is -2.35. The van der Waals surface area contributed by atoms with Crippen molar-refractivity contribution in [1.29, 1.82) is 0 Å². The fourth-order valence-electron chi connectivity index (χ4n) is 6.88. The number of alkyl halides is 3. The molecule has 2 fully saturated rings. The van der Waals surface area contributed by atoms with E-state index in [-0.39, 0.29) is 30.8 Å². The lowest BCUT2D eigenvalue weighted by molar-refractivity contribution is -0.137. The summed E-state index contributed by atoms with van der Waals surface area (Å²) in [7, 11) is -4.21. The number of piperidine rings is 2. The summed E-state index contributed by atoms with van der Waals surface area (Å²) in [5.41, 5.74) is 2.56. The van der Waals surface area contributed by atoms with Gasteiger partial charge in [-0.05, 0) is 92.9 Å². The van der Waals surface area contributed by atoms with Crippen LogP contribution in [0.15, 0.2) is 60.0 Å². The summed E-state index contributed by atoms with van der Waals surface area (Å²) in [6.45, 7) is 7.49. The first-order valence-corrected chi connectivity index (χ1v) is 17.0. The second kappa shape index (κ2) is 13.5. The van der Waals surface area contributed by atoms with Crippen LogP contribution < -0.4 is 5.32 Å². The van der Waals surface area contributed by atoms with E-state index in [1.807, 2.05) is 6.08 Å². The molecule has 10 heteroatoms. The quantitative estimate of drug-likeness (QED) is 0.323. The number of amides is 1. The number of carbonyl (C=O) groups is 1. The molecule has 1 N–H and O–H groups in total. The van der Waals surface area contributed by atoms with Crippen molar-refractivity contribution in [2.24, 2.45) is 0 Å². The number of halogens is 3. The van der Waals surface area contributed by atoms with Crippen LogP contribution in [0.2, 0.25) is 0 Å². The molecule has 2 saturated heterocycles. The summed E-state index contributed by atoms with van der Waals surface area (Å²) < 4.78 is 68.0. The van der Waals surface area contributed by atoms with E-state index >= 15 is 0 Å². The van der Waals surface area contributed by atoms with Gasteiger partial charge in [0.1, 0.15) is 0 Å². The average molecular weight is 618 g/mol. The Labute approximate surface area is 253 Å². The number of carbonyl (C=O) groups excluding carboxylic acids is 1. The molecule has 43 heavy (non-hydrogen) atoms. The minimum Gasteiger partial charge on any atom is -0.349 e. The van der Waals surface area contributed by atoms with E-state index in [9.17, 15) is 26.4 Å². The third-order valence-electron chi connectivity index (χ3n) is 9.19. The van der Waals surface area contributed by atoms with Crippen LogP contribution in [-0.2, 0) is 27.4 Å². The van der Waals surface area contributed by atoms with Crippen molar-refractivity contribution < 1.29 is 26.4 Å². The van der Waals surface area contributed by atoms with Crippen molar-refractivity contribution in [2.75, 3.05) is 26.2 Å². The standard InChI is InChI=1S/C33H42F3N3O3S/c1-2-24(23-38-17-5-3-6-18-38)25-15-16-30-26(20-25)10-8-14-31(30)37-32(40)22-28-12-4-7-19-39(28)43(41,42)29-13-9-11-27(21-29)33(34,35)36/h2,9,11,13,15-16,20-21,24,28,31H,1,3-8,10,12,14,17-19,22-23H2,(H,37,40)/t24?,28-,31+/m0/s1. The van der Waals surface area contributed by atoms with Gasteiger partial charge in [0.05, 0.1) is 16.5 Å². The van der Waals surface area contributed by atoms with Gasteiger partial charge < -0.3 is 10.2 Å². The highest BCUT2D eigenvalue weighted by atomic mass is 32.2. The predicted octanol–water partition coefficient (Wildman–Crippen LogP) is 6.59. The molecule has 0 spiro atoms. The Morgan fingerprint density at radius 2 is 1.77 bits per heavy atom. The van der Waals surface area contributed by atoms with Crippen molar-refractivity contribution in [2.45, 2.75) is 93.3 Å². The molecule has 5 rings (SSSR count). The first kappa shape index (κ1) is 31.7. The molecule has 1 aliphatic carbocycles. The number of rotatable bonds is 9. The van der Waals surface area contributed by atoms with E-state index in [2.05, 4.69) is 35.0 Å². The van der Waals surface area contributed by atoms with E-state index < -0.39 is 32.7 Å². The zero-order chi connectivity index (χ0) is 30.6. The Balaban J connectivity index is 1.26. The maximum Gasteiger partial charge on any atom is 0.416 e. The zero-order valence-corrected chi connectivity index (χ0v) is 25.4. The van der Waals surface area contributed by atoms with Gasteiger partial charge >= 0.3 is 6.18 Å². The second-order valence-corrected chi connectivity index (χ2v) is 14.1. The van der Waals surface area contributed by atoms with Crippen molar-refractivity contribution in [1.82, 2.24) is 14.5 Å². The number of nitrogens with zero attached hydrogens (tertiary/aromatic N) is 2. The third kappa shape index (κ3) is 7.52. The lowest BCUT2D eigenvalue weighted by atomic mass is 9.84. The minimum atomic E-state index is -4.65. The summed E-state index contributed by atoms with van der Waals surface area (Å²) in [4.78, 5) is 15.4. The molecule has 2 heterocycles. The zero-order valence-electron chi connectivity index (χ0n) is 24.6. The number of fused-ring (bicyclic) bond motifs is 1. The van der Waals surface area contributed by atoms with Gasteiger partial charge in [-0.2, -0.15) is 17.5 Å². The maximum absolute atomic E-state index is 13.5. The van der Waals surface area contributed by atoms with E-state index in [0.717, 1.165) is 63.0 Å². The van der Waals surface area contributed by atoms with Crippen LogP contribution >= 0.6 is 0 Å². The fourth-order valence-corrected chi connectivity index (χ4v) is 8.62. The minimum absolute atomic E-state index is 0.0313. The Morgan fingerprint density at radius 3 is 2.51 bits per heavy atom. The summed E-state index contributed by atoms with van der Waals surface area (Å²) >= 11 is 0. The number of benzene rings is 2. The van der Waals surface area contributed by atoms with Crippen LogP contribution in [0.25, 0.3) is 0 Å². The Kier molecular flexibility index (Phi) is 9.98. The normalized spacial score (nSPS) is 22.9. The molecule has 1 amide bonds. The molecule has 3 atom stereocenters. The third-order valence-corrected chi connectivity index (χ3v) is 11.1. The molecule has 234 valence electrons. The molecule has 6 nitrogen and oxygen atoms in total. The Morgan fingerprint density at radius 1 is 1.00 bits per heavy atom. The summed E-state index contributed by atoms with van der Waals surface area (Å²) in [5, 5.41) is 3.15. The van der Waals surface area contributed by atoms with Crippen LogP contribution in [0.3, 0.4) is 0 Å². The number of hydrogen-bond donors (Lipinski definition) is 1. The molecule has 1 unspecified atom stereocenters. The van der Waals surface area contributed by atoms with Crippen molar-refractivity contribution >= 4 is 15.9 Å². The number of likely N-dealkylation sites (tertiary alicyclic amines) is 1. The van der Waals surface area contributed by atoms with E-state index in [0.29, 0.717) is 18.9 Å². The van der Waals surface area contributed by atoms with Crippen LogP contribution in [0.1, 0.15) is 92.0 Å². The molecule has 0 saturated carbocycles. The number of nitrogens with one attached hydrogen (secondary N) is 1. The molecule has 0 aromatic heterocycles. The van der Waals surface area contributed by atoms with Crippen molar-refractivity contribution in [3.63, 3.8) is 0 Å². The van der Waals surface area contributed by atoms with Crippen LogP contribution in [0.4, 0.5) is 13.2 Å². The summed E-state index contributed by atoms with van der Waals surface area (Å²) in [6, 6.07) is 9.58. The highest BCUT2D eigenvalue weighted by Gasteiger charge is 2.37.